The van der Waals surface area contributed by atoms with Crippen molar-refractivity contribution in [3.05, 3.63) is 35.4 Å². The Labute approximate surface area is 175 Å². The Morgan fingerprint density at radius 2 is 1.69 bits per heavy atom. The lowest BCUT2D eigenvalue weighted by Crippen LogP contribution is -2.58. The number of aryl methyl sites for hydroxylation is 1. The van der Waals surface area contributed by atoms with Crippen LogP contribution in [0.3, 0.4) is 0 Å². The molecule has 1 unspecified atom stereocenters. The molecule has 0 spiro atoms. The molecule has 3 rings (SSSR count). The lowest BCUT2D eigenvalue weighted by Gasteiger charge is -2.40. The summed E-state index contributed by atoms with van der Waals surface area (Å²) in [6, 6.07) is 8.08. The van der Waals surface area contributed by atoms with E-state index in [9.17, 15) is 9.59 Å². The number of rotatable bonds is 8. The van der Waals surface area contributed by atoms with Crippen LogP contribution in [0.1, 0.15) is 68.3 Å². The summed E-state index contributed by atoms with van der Waals surface area (Å²) in [7, 11) is 0. The van der Waals surface area contributed by atoms with Crippen LogP contribution in [0.5, 0.6) is 0 Å². The van der Waals surface area contributed by atoms with Gasteiger partial charge in [0.05, 0.1) is 6.04 Å². The molecule has 1 aromatic rings. The fraction of sp³-hybridized carbons (Fsp3) is 0.667. The van der Waals surface area contributed by atoms with Gasteiger partial charge in [0.15, 0.2) is 0 Å². The van der Waals surface area contributed by atoms with Gasteiger partial charge in [0, 0.05) is 38.3 Å². The molecule has 5 nitrogen and oxygen atoms in total. The molecule has 5 heteroatoms. The quantitative estimate of drug-likeness (QED) is 0.728. The number of hydrogen-bond acceptors (Lipinski definition) is 3. The number of unbranched alkanes of at least 4 members (excludes halogenated alkanes) is 1. The van der Waals surface area contributed by atoms with E-state index in [1.165, 1.54) is 31.2 Å². The predicted octanol–water partition coefficient (Wildman–Crippen LogP) is 3.48. The summed E-state index contributed by atoms with van der Waals surface area (Å²) < 4.78 is 0. The predicted molar refractivity (Wildman–Crippen MR) is 117 cm³/mol. The van der Waals surface area contributed by atoms with E-state index in [1.807, 2.05) is 24.0 Å². The monoisotopic (exact) mass is 399 g/mol. The van der Waals surface area contributed by atoms with Crippen LogP contribution in [0.15, 0.2) is 24.3 Å². The van der Waals surface area contributed by atoms with Crippen LogP contribution in [0.2, 0.25) is 0 Å². The van der Waals surface area contributed by atoms with Crippen molar-refractivity contribution >= 4 is 11.8 Å². The molecular formula is C24H37N3O2. The normalized spacial score (nSPS) is 19.3. The number of carbonyl (C=O) groups excluding carboxylic acids is 2. The maximum absolute atomic E-state index is 12.9. The highest BCUT2D eigenvalue weighted by Gasteiger charge is 2.37. The van der Waals surface area contributed by atoms with Crippen LogP contribution in [-0.4, -0.2) is 60.4 Å². The number of nitrogens with one attached hydrogen (secondary N) is 1. The van der Waals surface area contributed by atoms with E-state index in [0.717, 1.165) is 37.9 Å². The van der Waals surface area contributed by atoms with Gasteiger partial charge in [-0.1, -0.05) is 38.3 Å². The molecule has 1 N–H and O–H groups in total. The Morgan fingerprint density at radius 3 is 2.28 bits per heavy atom. The van der Waals surface area contributed by atoms with E-state index in [1.54, 1.807) is 0 Å². The van der Waals surface area contributed by atoms with Gasteiger partial charge in [-0.05, 0) is 56.2 Å². The zero-order valence-electron chi connectivity index (χ0n) is 18.2. The maximum atomic E-state index is 12.9. The first kappa shape index (κ1) is 21.8. The molecule has 1 aliphatic carbocycles. The second-order valence-electron chi connectivity index (χ2n) is 8.51. The largest absolute Gasteiger partial charge is 0.355 e. The molecule has 29 heavy (non-hydrogen) atoms. The van der Waals surface area contributed by atoms with Crippen molar-refractivity contribution in [2.75, 3.05) is 32.7 Å². The van der Waals surface area contributed by atoms with Crippen LogP contribution in [0.25, 0.3) is 0 Å². The zero-order valence-corrected chi connectivity index (χ0v) is 18.2. The summed E-state index contributed by atoms with van der Waals surface area (Å²) in [6.07, 6.45) is 8.19. The molecule has 0 radical (unpaired) electrons. The highest BCUT2D eigenvalue weighted by molar-refractivity contribution is 5.94. The second kappa shape index (κ2) is 10.8. The van der Waals surface area contributed by atoms with Gasteiger partial charge in [-0.2, -0.15) is 0 Å². The van der Waals surface area contributed by atoms with Crippen molar-refractivity contribution in [3.63, 3.8) is 0 Å². The first-order chi connectivity index (χ1) is 14.1. The van der Waals surface area contributed by atoms with Crippen molar-refractivity contribution in [2.24, 2.45) is 5.92 Å². The summed E-state index contributed by atoms with van der Waals surface area (Å²) in [5, 5.41) is 3.04. The van der Waals surface area contributed by atoms with Crippen molar-refractivity contribution in [2.45, 2.75) is 64.8 Å². The zero-order chi connectivity index (χ0) is 20.6. The topological polar surface area (TPSA) is 52.7 Å². The van der Waals surface area contributed by atoms with Crippen LogP contribution in [0, 0.1) is 5.92 Å². The minimum absolute atomic E-state index is 0.0347. The third-order valence-corrected chi connectivity index (χ3v) is 6.48. The first-order valence-corrected chi connectivity index (χ1v) is 11.5. The third kappa shape index (κ3) is 5.59. The molecule has 160 valence electrons. The van der Waals surface area contributed by atoms with Gasteiger partial charge >= 0.3 is 0 Å². The summed E-state index contributed by atoms with van der Waals surface area (Å²) >= 11 is 0. The van der Waals surface area contributed by atoms with Crippen molar-refractivity contribution in [1.29, 1.82) is 0 Å². The van der Waals surface area contributed by atoms with Gasteiger partial charge in [-0.3, -0.25) is 14.5 Å². The summed E-state index contributed by atoms with van der Waals surface area (Å²) in [5.74, 6) is 0.739. The second-order valence-corrected chi connectivity index (χ2v) is 8.51. The van der Waals surface area contributed by atoms with E-state index < -0.39 is 0 Å². The van der Waals surface area contributed by atoms with Crippen LogP contribution >= 0.6 is 0 Å². The molecule has 0 aromatic heterocycles. The van der Waals surface area contributed by atoms with E-state index >= 15 is 0 Å². The van der Waals surface area contributed by atoms with Gasteiger partial charge in [-0.25, -0.2) is 0 Å². The van der Waals surface area contributed by atoms with E-state index in [4.69, 9.17) is 0 Å². The van der Waals surface area contributed by atoms with Gasteiger partial charge in [0.1, 0.15) is 0 Å². The van der Waals surface area contributed by atoms with Gasteiger partial charge in [0.25, 0.3) is 5.91 Å². The molecule has 2 aliphatic rings. The van der Waals surface area contributed by atoms with E-state index in [0.29, 0.717) is 25.6 Å². The Balaban J connectivity index is 1.58. The van der Waals surface area contributed by atoms with Gasteiger partial charge in [-0.15, -0.1) is 0 Å². The van der Waals surface area contributed by atoms with Crippen LogP contribution < -0.4 is 5.32 Å². The minimum atomic E-state index is -0.0347. The number of nitrogens with zero attached hydrogens (tertiary/aromatic N) is 2. The number of hydrogen-bond donors (Lipinski definition) is 1. The molecule has 1 aliphatic heterocycles. The molecule has 1 saturated heterocycles. The molecule has 2 amide bonds. The van der Waals surface area contributed by atoms with Gasteiger partial charge < -0.3 is 10.2 Å². The summed E-state index contributed by atoms with van der Waals surface area (Å²) in [5.41, 5.74) is 2.07. The van der Waals surface area contributed by atoms with Crippen molar-refractivity contribution in [3.8, 4) is 0 Å². The van der Waals surface area contributed by atoms with Crippen LogP contribution in [-0.2, 0) is 11.2 Å². The number of benzene rings is 1. The Kier molecular flexibility index (Phi) is 8.10. The first-order valence-electron chi connectivity index (χ1n) is 11.5. The Bertz CT molecular complexity index is 659. The van der Waals surface area contributed by atoms with E-state index in [-0.39, 0.29) is 17.9 Å². The molecule has 1 aromatic carbocycles. The summed E-state index contributed by atoms with van der Waals surface area (Å²) in [4.78, 5) is 29.9. The average molecular weight is 400 g/mol. The molecular weight excluding hydrogens is 362 g/mol. The number of likely N-dealkylation sites (N-methyl/N-ethyl adjacent to an activating group) is 1. The maximum Gasteiger partial charge on any atom is 0.253 e. The van der Waals surface area contributed by atoms with Crippen molar-refractivity contribution in [1.82, 2.24) is 15.1 Å². The summed E-state index contributed by atoms with van der Waals surface area (Å²) in [6.45, 7) is 7.79. The minimum Gasteiger partial charge on any atom is -0.355 e. The SMILES string of the molecule is CCCCc1ccc(C(=O)N2CCN(C(C(=O)NCC)C3CCCC3)CC2)cc1. The highest BCUT2D eigenvalue weighted by atomic mass is 16.2. The smallest absolute Gasteiger partial charge is 0.253 e. The molecule has 0 bridgehead atoms. The lowest BCUT2D eigenvalue weighted by atomic mass is 9.95. The fourth-order valence-electron chi connectivity index (χ4n) is 4.81. The van der Waals surface area contributed by atoms with Crippen LogP contribution in [0.4, 0.5) is 0 Å². The number of amides is 2. The number of piperazine rings is 1. The van der Waals surface area contributed by atoms with E-state index in [2.05, 4.69) is 29.3 Å². The average Bonchev–Trinajstić information content (AvgIpc) is 3.27. The Morgan fingerprint density at radius 1 is 1.03 bits per heavy atom. The van der Waals surface area contributed by atoms with Crippen molar-refractivity contribution < 1.29 is 9.59 Å². The molecule has 1 saturated carbocycles. The Hall–Kier alpha value is -1.88. The molecule has 1 heterocycles. The lowest BCUT2D eigenvalue weighted by molar-refractivity contribution is -0.129. The number of carbonyl (C=O) groups is 2. The third-order valence-electron chi connectivity index (χ3n) is 6.48. The fourth-order valence-corrected chi connectivity index (χ4v) is 4.81. The van der Waals surface area contributed by atoms with Gasteiger partial charge in [0.2, 0.25) is 5.91 Å². The molecule has 1 atom stereocenters. The highest BCUT2D eigenvalue weighted by Crippen LogP contribution is 2.31. The molecule has 2 fully saturated rings. The standard InChI is InChI=1S/C24H37N3O2/c1-3-5-8-19-11-13-21(14-12-19)24(29)27-17-15-26(16-18-27)22(23(28)25-4-2)20-9-6-7-10-20/h11-14,20,22H,3-10,15-18H2,1-2H3,(H,25,28).